The molecule has 2 aromatic rings. The SMILES string of the molecule is CCCNC(=O)c1ccc(NC(=O)NC(CCC(=O)O)Cc2ccccc2)cc1. The molecule has 0 heterocycles. The zero-order valence-corrected chi connectivity index (χ0v) is 16.5. The summed E-state index contributed by atoms with van der Waals surface area (Å²) in [7, 11) is 0. The number of nitrogens with one attached hydrogen (secondary N) is 3. The van der Waals surface area contributed by atoms with E-state index < -0.39 is 12.0 Å². The fraction of sp³-hybridized carbons (Fsp3) is 0.318. The van der Waals surface area contributed by atoms with Crippen LogP contribution >= 0.6 is 0 Å². The maximum absolute atomic E-state index is 12.4. The topological polar surface area (TPSA) is 108 Å². The maximum atomic E-state index is 12.4. The van der Waals surface area contributed by atoms with Gasteiger partial charge in [-0.3, -0.25) is 9.59 Å². The Kier molecular flexibility index (Phi) is 8.69. The summed E-state index contributed by atoms with van der Waals surface area (Å²) < 4.78 is 0. The third-order valence-electron chi connectivity index (χ3n) is 4.31. The number of carbonyl (C=O) groups excluding carboxylic acids is 2. The van der Waals surface area contributed by atoms with Gasteiger partial charge in [-0.25, -0.2) is 4.79 Å². The van der Waals surface area contributed by atoms with Crippen molar-refractivity contribution in [2.24, 2.45) is 0 Å². The molecule has 0 aliphatic carbocycles. The third-order valence-corrected chi connectivity index (χ3v) is 4.31. The Labute approximate surface area is 170 Å². The largest absolute Gasteiger partial charge is 0.481 e. The maximum Gasteiger partial charge on any atom is 0.319 e. The molecule has 0 spiro atoms. The summed E-state index contributed by atoms with van der Waals surface area (Å²) in [6.07, 6.45) is 1.70. The number of amides is 3. The van der Waals surface area contributed by atoms with Gasteiger partial charge in [-0.1, -0.05) is 37.3 Å². The van der Waals surface area contributed by atoms with Crippen molar-refractivity contribution in [3.8, 4) is 0 Å². The van der Waals surface area contributed by atoms with E-state index in [2.05, 4.69) is 16.0 Å². The molecule has 1 atom stereocenters. The molecule has 0 fully saturated rings. The Morgan fingerprint density at radius 1 is 1.00 bits per heavy atom. The molecule has 7 heteroatoms. The van der Waals surface area contributed by atoms with Crippen molar-refractivity contribution >= 4 is 23.6 Å². The van der Waals surface area contributed by atoms with Crippen LogP contribution in [-0.2, 0) is 11.2 Å². The molecule has 3 amide bonds. The second kappa shape index (κ2) is 11.5. The van der Waals surface area contributed by atoms with Gasteiger partial charge in [0.05, 0.1) is 0 Å². The normalized spacial score (nSPS) is 11.3. The van der Waals surface area contributed by atoms with Crippen LogP contribution in [0, 0.1) is 0 Å². The summed E-state index contributed by atoms with van der Waals surface area (Å²) in [5.41, 5.74) is 2.09. The van der Waals surface area contributed by atoms with E-state index in [0.29, 0.717) is 30.6 Å². The van der Waals surface area contributed by atoms with Crippen LogP contribution in [0.5, 0.6) is 0 Å². The number of hydrogen-bond acceptors (Lipinski definition) is 3. The monoisotopic (exact) mass is 397 g/mol. The lowest BCUT2D eigenvalue weighted by Crippen LogP contribution is -2.39. The van der Waals surface area contributed by atoms with Gasteiger partial charge >= 0.3 is 12.0 Å². The number of urea groups is 1. The van der Waals surface area contributed by atoms with Gasteiger partial charge in [0.25, 0.3) is 5.91 Å². The van der Waals surface area contributed by atoms with E-state index in [-0.39, 0.29) is 18.4 Å². The van der Waals surface area contributed by atoms with E-state index in [9.17, 15) is 14.4 Å². The first-order valence-corrected chi connectivity index (χ1v) is 9.69. The van der Waals surface area contributed by atoms with E-state index in [1.807, 2.05) is 37.3 Å². The van der Waals surface area contributed by atoms with Gasteiger partial charge in [0, 0.05) is 30.3 Å². The predicted octanol–water partition coefficient (Wildman–Crippen LogP) is 3.42. The molecule has 2 aromatic carbocycles. The van der Waals surface area contributed by atoms with Gasteiger partial charge in [-0.2, -0.15) is 0 Å². The van der Waals surface area contributed by atoms with Crippen LogP contribution in [0.3, 0.4) is 0 Å². The van der Waals surface area contributed by atoms with Crippen LogP contribution in [0.2, 0.25) is 0 Å². The van der Waals surface area contributed by atoms with Gasteiger partial charge in [0.2, 0.25) is 0 Å². The highest BCUT2D eigenvalue weighted by Crippen LogP contribution is 2.11. The summed E-state index contributed by atoms with van der Waals surface area (Å²) >= 11 is 0. The van der Waals surface area contributed by atoms with Crippen molar-refractivity contribution in [2.75, 3.05) is 11.9 Å². The first-order valence-electron chi connectivity index (χ1n) is 9.69. The quantitative estimate of drug-likeness (QED) is 0.493. The molecule has 29 heavy (non-hydrogen) atoms. The van der Waals surface area contributed by atoms with Crippen LogP contribution in [0.25, 0.3) is 0 Å². The Bertz CT molecular complexity index is 807. The van der Waals surface area contributed by atoms with E-state index in [1.54, 1.807) is 24.3 Å². The highest BCUT2D eigenvalue weighted by molar-refractivity contribution is 5.95. The summed E-state index contributed by atoms with van der Waals surface area (Å²) in [6, 6.07) is 15.5. The van der Waals surface area contributed by atoms with Gasteiger partial charge in [-0.05, 0) is 49.1 Å². The molecule has 0 bridgehead atoms. The number of anilines is 1. The van der Waals surface area contributed by atoms with Crippen molar-refractivity contribution in [1.82, 2.24) is 10.6 Å². The summed E-state index contributed by atoms with van der Waals surface area (Å²) in [6.45, 7) is 2.59. The highest BCUT2D eigenvalue weighted by atomic mass is 16.4. The minimum atomic E-state index is -0.901. The lowest BCUT2D eigenvalue weighted by molar-refractivity contribution is -0.137. The molecule has 0 aliphatic rings. The molecule has 1 unspecified atom stereocenters. The lowest BCUT2D eigenvalue weighted by atomic mass is 10.0. The molecular formula is C22H27N3O4. The van der Waals surface area contributed by atoms with Crippen molar-refractivity contribution in [2.45, 2.75) is 38.6 Å². The van der Waals surface area contributed by atoms with Crippen LogP contribution in [0.15, 0.2) is 54.6 Å². The molecule has 0 aliphatic heterocycles. The number of carboxylic acid groups (broad SMARTS) is 1. The molecule has 0 radical (unpaired) electrons. The number of aliphatic carboxylic acids is 1. The van der Waals surface area contributed by atoms with Crippen molar-refractivity contribution in [3.05, 3.63) is 65.7 Å². The van der Waals surface area contributed by atoms with E-state index >= 15 is 0 Å². The summed E-state index contributed by atoms with van der Waals surface area (Å²) in [4.78, 5) is 35.2. The van der Waals surface area contributed by atoms with Gasteiger partial charge in [0.1, 0.15) is 0 Å². The van der Waals surface area contributed by atoms with E-state index in [0.717, 1.165) is 12.0 Å². The van der Waals surface area contributed by atoms with Crippen LogP contribution in [-0.4, -0.2) is 35.6 Å². The Morgan fingerprint density at radius 3 is 2.31 bits per heavy atom. The standard InChI is InChI=1S/C22H27N3O4/c1-2-14-23-21(28)17-8-10-18(11-9-17)24-22(29)25-19(12-13-20(26)27)15-16-6-4-3-5-7-16/h3-11,19H,2,12-15H2,1H3,(H,23,28)(H,26,27)(H2,24,25,29). The van der Waals surface area contributed by atoms with Crippen molar-refractivity contribution in [3.63, 3.8) is 0 Å². The Balaban J connectivity index is 1.94. The molecule has 4 N–H and O–H groups in total. The average Bonchev–Trinajstić information content (AvgIpc) is 2.71. The van der Waals surface area contributed by atoms with Gasteiger partial charge in [-0.15, -0.1) is 0 Å². The number of benzene rings is 2. The van der Waals surface area contributed by atoms with Gasteiger partial charge in [0.15, 0.2) is 0 Å². The fourth-order valence-corrected chi connectivity index (χ4v) is 2.82. The summed E-state index contributed by atoms with van der Waals surface area (Å²) in [5.74, 6) is -1.05. The zero-order valence-electron chi connectivity index (χ0n) is 16.5. The average molecular weight is 397 g/mol. The molecular weight excluding hydrogens is 370 g/mol. The second-order valence-corrected chi connectivity index (χ2v) is 6.75. The van der Waals surface area contributed by atoms with Gasteiger partial charge < -0.3 is 21.1 Å². The number of hydrogen-bond donors (Lipinski definition) is 4. The highest BCUT2D eigenvalue weighted by Gasteiger charge is 2.15. The molecule has 0 saturated heterocycles. The van der Waals surface area contributed by atoms with Crippen LogP contribution < -0.4 is 16.0 Å². The number of rotatable bonds is 10. The lowest BCUT2D eigenvalue weighted by Gasteiger charge is -2.19. The molecule has 0 aromatic heterocycles. The Morgan fingerprint density at radius 2 is 1.69 bits per heavy atom. The molecule has 2 rings (SSSR count). The first kappa shape index (κ1) is 21.9. The minimum absolute atomic E-state index is 0.0284. The predicted molar refractivity (Wildman–Crippen MR) is 112 cm³/mol. The number of carbonyl (C=O) groups is 3. The van der Waals surface area contributed by atoms with Crippen molar-refractivity contribution in [1.29, 1.82) is 0 Å². The van der Waals surface area contributed by atoms with E-state index in [1.165, 1.54) is 0 Å². The van der Waals surface area contributed by atoms with E-state index in [4.69, 9.17) is 5.11 Å². The third kappa shape index (κ3) is 8.04. The minimum Gasteiger partial charge on any atom is -0.481 e. The Hall–Kier alpha value is -3.35. The second-order valence-electron chi connectivity index (χ2n) is 6.75. The fourth-order valence-electron chi connectivity index (χ4n) is 2.82. The van der Waals surface area contributed by atoms with Crippen LogP contribution in [0.4, 0.5) is 10.5 Å². The first-order chi connectivity index (χ1) is 14.0. The molecule has 0 saturated carbocycles. The zero-order chi connectivity index (χ0) is 21.1. The molecule has 154 valence electrons. The van der Waals surface area contributed by atoms with Crippen LogP contribution in [0.1, 0.15) is 42.1 Å². The smallest absolute Gasteiger partial charge is 0.319 e. The van der Waals surface area contributed by atoms with Crippen molar-refractivity contribution < 1.29 is 19.5 Å². The number of carboxylic acids is 1. The molecule has 7 nitrogen and oxygen atoms in total. The summed E-state index contributed by atoms with van der Waals surface area (Å²) in [5, 5.41) is 17.3.